The van der Waals surface area contributed by atoms with Crippen molar-refractivity contribution in [2.75, 3.05) is 13.2 Å². The fourth-order valence-electron chi connectivity index (χ4n) is 8.06. The first-order chi connectivity index (χ1) is 40.5. The maximum atomic E-state index is 12.8. The zero-order chi connectivity index (χ0) is 59.2. The molecule has 82 heavy (non-hydrogen) atoms. The van der Waals surface area contributed by atoms with Crippen LogP contribution < -0.4 is 0 Å². The molecule has 0 heterocycles. The normalized spacial score (nSPS) is 13.5. The van der Waals surface area contributed by atoms with Gasteiger partial charge in [0, 0.05) is 19.3 Å². The second kappa shape index (κ2) is 67.8. The first-order valence-corrected chi connectivity index (χ1v) is 32.4. The van der Waals surface area contributed by atoms with Crippen LogP contribution in [-0.2, 0) is 28.6 Å². The number of carbonyl (C=O) groups is 3. The van der Waals surface area contributed by atoms with E-state index in [0.29, 0.717) is 19.3 Å². The van der Waals surface area contributed by atoms with E-state index in [9.17, 15) is 14.4 Å². The van der Waals surface area contributed by atoms with E-state index < -0.39 is 6.10 Å². The summed E-state index contributed by atoms with van der Waals surface area (Å²) in [4.78, 5) is 38.0. The Morgan fingerprint density at radius 3 is 0.756 bits per heavy atom. The van der Waals surface area contributed by atoms with Crippen LogP contribution in [0.4, 0.5) is 0 Å². The Hall–Kier alpha value is -5.75. The Bertz CT molecular complexity index is 1970. The van der Waals surface area contributed by atoms with Crippen molar-refractivity contribution < 1.29 is 28.6 Å². The molecule has 0 radical (unpaired) electrons. The van der Waals surface area contributed by atoms with Crippen LogP contribution in [-0.4, -0.2) is 37.2 Å². The van der Waals surface area contributed by atoms with E-state index in [0.717, 1.165) is 180 Å². The third kappa shape index (κ3) is 65.1. The van der Waals surface area contributed by atoms with Gasteiger partial charge in [-0.2, -0.15) is 0 Å². The molecule has 0 amide bonds. The second-order valence-corrected chi connectivity index (χ2v) is 20.6. The molecule has 6 nitrogen and oxygen atoms in total. The van der Waals surface area contributed by atoms with Gasteiger partial charge in [-0.05, 0) is 148 Å². The van der Waals surface area contributed by atoms with Crippen molar-refractivity contribution in [3.63, 3.8) is 0 Å². The number of hydrogen-bond acceptors (Lipinski definition) is 6. The van der Waals surface area contributed by atoms with E-state index in [1.807, 2.05) is 0 Å². The summed E-state index contributed by atoms with van der Waals surface area (Å²) in [6.45, 7) is 6.29. The van der Waals surface area contributed by atoms with Crippen LogP contribution in [0, 0.1) is 0 Å². The van der Waals surface area contributed by atoms with Crippen molar-refractivity contribution in [1.82, 2.24) is 0 Å². The predicted molar refractivity (Wildman–Crippen MR) is 357 cm³/mol. The number of unbranched alkanes of at least 4 members (excludes halogenated alkanes) is 13. The van der Waals surface area contributed by atoms with Gasteiger partial charge in [0.2, 0.25) is 0 Å². The van der Waals surface area contributed by atoms with E-state index in [1.54, 1.807) is 0 Å². The molecule has 456 valence electrons. The Kier molecular flexibility index (Phi) is 63.0. The van der Waals surface area contributed by atoms with Crippen LogP contribution in [0.5, 0.6) is 0 Å². The SMILES string of the molecule is CC/C=C\C/C=C\C/C=C\C/C=C\C/C=C\C/C=C\C/C=C\C/C=C\C/C=C\CCCCCCCC(=O)OCC(COC(=O)CCCCCCCC)OC(=O)CCCCC/C=C\C/C=C\C/C=C\C/C=C\C/C=C\C/C=C\C/C=C\CC. The molecule has 0 rings (SSSR count). The summed E-state index contributed by atoms with van der Waals surface area (Å²) in [6, 6.07) is 0. The number of rotatable bonds is 56. The Labute approximate surface area is 503 Å². The lowest BCUT2D eigenvalue weighted by Crippen LogP contribution is -2.30. The molecule has 6 heteroatoms. The summed E-state index contributed by atoms with van der Waals surface area (Å²) in [7, 11) is 0. The van der Waals surface area contributed by atoms with Crippen LogP contribution in [0.1, 0.15) is 245 Å². The van der Waals surface area contributed by atoms with Crippen LogP contribution in [0.15, 0.2) is 194 Å². The molecule has 0 aliphatic carbocycles. The molecular weight excluding hydrogens is 1010 g/mol. The lowest BCUT2D eigenvalue weighted by atomic mass is 10.1. The van der Waals surface area contributed by atoms with E-state index in [1.165, 1.54) is 19.3 Å². The highest BCUT2D eigenvalue weighted by Gasteiger charge is 2.19. The van der Waals surface area contributed by atoms with Gasteiger partial charge >= 0.3 is 17.9 Å². The van der Waals surface area contributed by atoms with E-state index in [2.05, 4.69) is 215 Å². The maximum Gasteiger partial charge on any atom is 0.306 e. The molecule has 0 fully saturated rings. The van der Waals surface area contributed by atoms with Crippen molar-refractivity contribution in [2.45, 2.75) is 252 Å². The van der Waals surface area contributed by atoms with Crippen LogP contribution >= 0.6 is 0 Å². The molecule has 1 unspecified atom stereocenters. The lowest BCUT2D eigenvalue weighted by Gasteiger charge is -2.18. The number of esters is 3. The Morgan fingerprint density at radius 1 is 0.256 bits per heavy atom. The quantitative estimate of drug-likeness (QED) is 0.0261. The predicted octanol–water partition coefficient (Wildman–Crippen LogP) is 22.6. The van der Waals surface area contributed by atoms with Gasteiger partial charge in [0.25, 0.3) is 0 Å². The third-order valence-electron chi connectivity index (χ3n) is 12.8. The number of hydrogen-bond donors (Lipinski definition) is 0. The largest absolute Gasteiger partial charge is 0.462 e. The maximum absolute atomic E-state index is 12.8. The Balaban J connectivity index is 4.26. The molecule has 0 aromatic carbocycles. The summed E-state index contributed by atoms with van der Waals surface area (Å²) in [5.41, 5.74) is 0. The molecule has 0 saturated carbocycles. The van der Waals surface area contributed by atoms with Gasteiger partial charge in [-0.3, -0.25) is 14.4 Å². The first kappa shape index (κ1) is 76.2. The van der Waals surface area contributed by atoms with Gasteiger partial charge in [-0.25, -0.2) is 0 Å². The topological polar surface area (TPSA) is 78.9 Å². The molecule has 0 aromatic heterocycles. The van der Waals surface area contributed by atoms with Gasteiger partial charge in [0.05, 0.1) is 0 Å². The molecule has 0 spiro atoms. The summed E-state index contributed by atoms with van der Waals surface area (Å²) in [5.74, 6) is -0.981. The molecule has 0 aliphatic heterocycles. The van der Waals surface area contributed by atoms with E-state index in [-0.39, 0.29) is 37.5 Å². The average molecular weight is 1130 g/mol. The van der Waals surface area contributed by atoms with Crippen molar-refractivity contribution in [3.8, 4) is 0 Å². The minimum absolute atomic E-state index is 0.107. The standard InChI is InChI=1S/C76H116O6/c1-4-7-10-13-16-18-20-22-24-26-28-30-32-34-35-36-37-38-39-40-41-43-44-46-48-50-52-54-56-58-60-63-66-69-75(78)81-72-73(71-80-74(77)68-65-62-15-12-9-6-3)82-76(79)70-67-64-61-59-57-55-53-51-49-47-45-42-33-31-29-27-25-23-21-19-17-14-11-8-5-2/h7-8,10-11,16-19,22-25,28-31,34-35,37-38,40-42,44-46,49-52,55,57,73H,4-6,9,12-15,20-21,26-27,32-33,36,39,43,47-48,53-54,56,58-72H2,1-3H3/b10-7-,11-8-,18-16-,19-17-,24-22-,25-23-,30-28-,31-29-,35-34-,38-37-,41-40-,45-42-,46-44-,51-49-,52-50-,57-55-. The lowest BCUT2D eigenvalue weighted by molar-refractivity contribution is -0.167. The van der Waals surface area contributed by atoms with E-state index in [4.69, 9.17) is 14.2 Å². The van der Waals surface area contributed by atoms with Crippen molar-refractivity contribution >= 4 is 17.9 Å². The summed E-state index contributed by atoms with van der Waals surface area (Å²) in [5, 5.41) is 0. The van der Waals surface area contributed by atoms with Crippen molar-refractivity contribution in [3.05, 3.63) is 194 Å². The smallest absolute Gasteiger partial charge is 0.306 e. The molecule has 0 aromatic rings. The van der Waals surface area contributed by atoms with Gasteiger partial charge in [-0.1, -0.05) is 273 Å². The Morgan fingerprint density at radius 2 is 0.476 bits per heavy atom. The zero-order valence-electron chi connectivity index (χ0n) is 52.2. The van der Waals surface area contributed by atoms with Crippen molar-refractivity contribution in [1.29, 1.82) is 0 Å². The van der Waals surface area contributed by atoms with Gasteiger partial charge < -0.3 is 14.2 Å². The number of ether oxygens (including phenoxy) is 3. The monoisotopic (exact) mass is 1120 g/mol. The molecule has 1 atom stereocenters. The highest BCUT2D eigenvalue weighted by molar-refractivity contribution is 5.71. The van der Waals surface area contributed by atoms with Crippen LogP contribution in [0.2, 0.25) is 0 Å². The minimum Gasteiger partial charge on any atom is -0.462 e. The molecule has 0 saturated heterocycles. The van der Waals surface area contributed by atoms with Crippen LogP contribution in [0.3, 0.4) is 0 Å². The number of carbonyl (C=O) groups excluding carboxylic acids is 3. The molecule has 0 N–H and O–H groups in total. The third-order valence-corrected chi connectivity index (χ3v) is 12.8. The minimum atomic E-state index is -0.813. The highest BCUT2D eigenvalue weighted by Crippen LogP contribution is 2.13. The molecule has 0 bridgehead atoms. The summed E-state index contributed by atoms with van der Waals surface area (Å²) >= 11 is 0. The van der Waals surface area contributed by atoms with E-state index >= 15 is 0 Å². The summed E-state index contributed by atoms with van der Waals surface area (Å²) < 4.78 is 16.7. The van der Waals surface area contributed by atoms with Crippen LogP contribution in [0.25, 0.3) is 0 Å². The molecular formula is C76H116O6. The number of allylic oxidation sites excluding steroid dienone is 32. The molecule has 0 aliphatic rings. The fourth-order valence-corrected chi connectivity index (χ4v) is 8.06. The zero-order valence-corrected chi connectivity index (χ0v) is 52.2. The highest BCUT2D eigenvalue weighted by atomic mass is 16.6. The van der Waals surface area contributed by atoms with Gasteiger partial charge in [0.15, 0.2) is 6.10 Å². The van der Waals surface area contributed by atoms with Gasteiger partial charge in [-0.15, -0.1) is 0 Å². The summed E-state index contributed by atoms with van der Waals surface area (Å²) in [6.07, 6.45) is 103. The van der Waals surface area contributed by atoms with Gasteiger partial charge in [0.1, 0.15) is 13.2 Å². The first-order valence-electron chi connectivity index (χ1n) is 32.4. The average Bonchev–Trinajstić information content (AvgIpc) is 3.47. The van der Waals surface area contributed by atoms with Crippen molar-refractivity contribution in [2.24, 2.45) is 0 Å². The fraction of sp³-hybridized carbons (Fsp3) is 0.539. The second-order valence-electron chi connectivity index (χ2n) is 20.6.